The van der Waals surface area contributed by atoms with Gasteiger partial charge in [0, 0.05) is 30.9 Å². The Balaban J connectivity index is 1.49. The summed E-state index contributed by atoms with van der Waals surface area (Å²) in [5, 5.41) is 6.14. The zero-order valence-corrected chi connectivity index (χ0v) is 15.5. The summed E-state index contributed by atoms with van der Waals surface area (Å²) in [4.78, 5) is 31.3. The van der Waals surface area contributed by atoms with E-state index in [1.165, 1.54) is 11.3 Å². The molecule has 0 saturated carbocycles. The molecule has 2 amide bonds. The third-order valence-corrected chi connectivity index (χ3v) is 4.99. The lowest BCUT2D eigenvalue weighted by molar-refractivity contribution is -0.122. The van der Waals surface area contributed by atoms with Crippen molar-refractivity contribution in [1.82, 2.24) is 15.2 Å². The lowest BCUT2D eigenvalue weighted by Gasteiger charge is -2.25. The summed E-state index contributed by atoms with van der Waals surface area (Å²) in [6.45, 7) is 4.40. The van der Waals surface area contributed by atoms with Crippen LogP contribution in [0.1, 0.15) is 23.1 Å². The molecular weight excluding hydrogens is 352 g/mol. The first-order valence-electron chi connectivity index (χ1n) is 8.59. The number of thiazole rings is 1. The average molecular weight is 374 g/mol. The molecule has 1 aliphatic rings. The summed E-state index contributed by atoms with van der Waals surface area (Å²) in [6, 6.07) is 9.85. The van der Waals surface area contributed by atoms with Crippen molar-refractivity contribution in [2.45, 2.75) is 26.4 Å². The highest BCUT2D eigenvalue weighted by Crippen LogP contribution is 2.28. The predicted molar refractivity (Wildman–Crippen MR) is 100 cm³/mol. The second-order valence-electron chi connectivity index (χ2n) is 5.96. The molecule has 2 N–H and O–H groups in total. The Hall–Kier alpha value is -2.45. The summed E-state index contributed by atoms with van der Waals surface area (Å²) < 4.78 is 4.87. The molecule has 1 aromatic carbocycles. The first-order chi connectivity index (χ1) is 12.6. The van der Waals surface area contributed by atoms with Gasteiger partial charge >= 0.3 is 6.09 Å². The van der Waals surface area contributed by atoms with Gasteiger partial charge in [-0.05, 0) is 12.5 Å². The van der Waals surface area contributed by atoms with Gasteiger partial charge in [0.05, 0.1) is 18.8 Å². The number of rotatable bonds is 6. The standard InChI is InChI=1S/C18H22N4O3S/c1-2-25-18(24)21-17-20-14-8-9-22(11-15(14)26-17)12-16(23)19-10-13-6-4-3-5-7-13/h3-7H,2,8-12H2,1H3,(H,19,23)(H,20,21,24). The Morgan fingerprint density at radius 2 is 2.12 bits per heavy atom. The van der Waals surface area contributed by atoms with Crippen molar-refractivity contribution in [1.29, 1.82) is 0 Å². The van der Waals surface area contributed by atoms with Crippen LogP contribution in [0.3, 0.4) is 0 Å². The van der Waals surface area contributed by atoms with Crippen molar-refractivity contribution in [3.8, 4) is 0 Å². The highest BCUT2D eigenvalue weighted by molar-refractivity contribution is 7.15. The number of amides is 2. The van der Waals surface area contributed by atoms with Gasteiger partial charge in [-0.2, -0.15) is 0 Å². The van der Waals surface area contributed by atoms with Crippen LogP contribution in [0.2, 0.25) is 0 Å². The van der Waals surface area contributed by atoms with E-state index in [0.29, 0.717) is 31.4 Å². The molecule has 1 aliphatic heterocycles. The molecule has 0 radical (unpaired) electrons. The Labute approximate surface area is 156 Å². The SMILES string of the molecule is CCOC(=O)Nc1nc2c(s1)CN(CC(=O)NCc1ccccc1)CC2. The van der Waals surface area contributed by atoms with Gasteiger partial charge in [0.15, 0.2) is 5.13 Å². The largest absolute Gasteiger partial charge is 0.450 e. The van der Waals surface area contributed by atoms with E-state index < -0.39 is 6.09 Å². The minimum absolute atomic E-state index is 0.00619. The van der Waals surface area contributed by atoms with Gasteiger partial charge in [0.25, 0.3) is 0 Å². The quantitative estimate of drug-likeness (QED) is 0.811. The molecule has 0 saturated heterocycles. The number of hydrogen-bond donors (Lipinski definition) is 2. The Morgan fingerprint density at radius 1 is 1.31 bits per heavy atom. The number of ether oxygens (including phenoxy) is 1. The van der Waals surface area contributed by atoms with Crippen molar-refractivity contribution in [2.75, 3.05) is 25.0 Å². The summed E-state index contributed by atoms with van der Waals surface area (Å²) in [5.41, 5.74) is 2.07. The van der Waals surface area contributed by atoms with Crippen molar-refractivity contribution >= 4 is 28.5 Å². The van der Waals surface area contributed by atoms with Crippen LogP contribution >= 0.6 is 11.3 Å². The van der Waals surface area contributed by atoms with Gasteiger partial charge < -0.3 is 10.1 Å². The zero-order valence-electron chi connectivity index (χ0n) is 14.7. The number of nitrogens with one attached hydrogen (secondary N) is 2. The van der Waals surface area contributed by atoms with Gasteiger partial charge in [-0.25, -0.2) is 9.78 Å². The van der Waals surface area contributed by atoms with Crippen LogP contribution in [-0.4, -0.2) is 41.6 Å². The van der Waals surface area contributed by atoms with Crippen molar-refractivity contribution < 1.29 is 14.3 Å². The molecule has 2 aromatic rings. The number of aromatic nitrogens is 1. The van der Waals surface area contributed by atoms with Crippen LogP contribution in [-0.2, 0) is 29.0 Å². The fourth-order valence-electron chi connectivity index (χ4n) is 2.75. The first-order valence-corrected chi connectivity index (χ1v) is 9.41. The van der Waals surface area contributed by atoms with Crippen LogP contribution in [0.4, 0.5) is 9.93 Å². The highest BCUT2D eigenvalue weighted by atomic mass is 32.1. The van der Waals surface area contributed by atoms with Crippen LogP contribution in [0.25, 0.3) is 0 Å². The number of nitrogens with zero attached hydrogens (tertiary/aromatic N) is 2. The molecule has 26 heavy (non-hydrogen) atoms. The first kappa shape index (κ1) is 18.3. The topological polar surface area (TPSA) is 83.6 Å². The molecule has 7 nitrogen and oxygen atoms in total. The van der Waals surface area contributed by atoms with Crippen LogP contribution < -0.4 is 10.6 Å². The van der Waals surface area contributed by atoms with E-state index in [0.717, 1.165) is 29.1 Å². The molecule has 3 rings (SSSR count). The van der Waals surface area contributed by atoms with E-state index in [-0.39, 0.29) is 5.91 Å². The third kappa shape index (κ3) is 5.03. The molecular formula is C18H22N4O3S. The molecule has 0 unspecified atom stereocenters. The number of hydrogen-bond acceptors (Lipinski definition) is 6. The average Bonchev–Trinajstić information content (AvgIpc) is 3.02. The second-order valence-corrected chi connectivity index (χ2v) is 7.04. The monoisotopic (exact) mass is 374 g/mol. The molecule has 2 heterocycles. The lowest BCUT2D eigenvalue weighted by atomic mass is 10.2. The van der Waals surface area contributed by atoms with Gasteiger partial charge in [-0.3, -0.25) is 15.0 Å². The fourth-order valence-corrected chi connectivity index (χ4v) is 3.78. The highest BCUT2D eigenvalue weighted by Gasteiger charge is 2.22. The minimum atomic E-state index is -0.490. The lowest BCUT2D eigenvalue weighted by Crippen LogP contribution is -2.39. The second kappa shape index (κ2) is 8.77. The van der Waals surface area contributed by atoms with E-state index >= 15 is 0 Å². The Bertz CT molecular complexity index is 763. The van der Waals surface area contributed by atoms with Gasteiger partial charge in [0.2, 0.25) is 5.91 Å². The summed E-state index contributed by atoms with van der Waals surface area (Å²) >= 11 is 1.43. The predicted octanol–water partition coefficient (Wildman–Crippen LogP) is 2.39. The maximum atomic E-state index is 12.2. The van der Waals surface area contributed by atoms with Crippen molar-refractivity contribution in [2.24, 2.45) is 0 Å². The molecule has 0 fully saturated rings. The fraction of sp³-hybridized carbons (Fsp3) is 0.389. The molecule has 0 atom stereocenters. The molecule has 1 aromatic heterocycles. The van der Waals surface area contributed by atoms with E-state index in [1.54, 1.807) is 6.92 Å². The van der Waals surface area contributed by atoms with Crippen LogP contribution in [0, 0.1) is 0 Å². The molecule has 138 valence electrons. The van der Waals surface area contributed by atoms with E-state index in [1.807, 2.05) is 30.3 Å². The molecule has 8 heteroatoms. The van der Waals surface area contributed by atoms with Crippen LogP contribution in [0.5, 0.6) is 0 Å². The number of carbonyl (C=O) groups excluding carboxylic acids is 2. The number of anilines is 1. The summed E-state index contributed by atoms with van der Waals surface area (Å²) in [5.74, 6) is 0.00619. The molecule has 0 aliphatic carbocycles. The Morgan fingerprint density at radius 3 is 2.88 bits per heavy atom. The van der Waals surface area contributed by atoms with Gasteiger partial charge in [-0.1, -0.05) is 41.7 Å². The van der Waals surface area contributed by atoms with Crippen molar-refractivity contribution in [3.63, 3.8) is 0 Å². The number of carbonyl (C=O) groups is 2. The van der Waals surface area contributed by atoms with Crippen molar-refractivity contribution in [3.05, 3.63) is 46.5 Å². The third-order valence-electron chi connectivity index (χ3n) is 3.99. The van der Waals surface area contributed by atoms with E-state index in [4.69, 9.17) is 4.74 Å². The number of benzene rings is 1. The maximum Gasteiger partial charge on any atom is 0.413 e. The Kier molecular flexibility index (Phi) is 6.19. The molecule has 0 bridgehead atoms. The zero-order chi connectivity index (χ0) is 18.4. The summed E-state index contributed by atoms with van der Waals surface area (Å²) in [7, 11) is 0. The van der Waals surface area contributed by atoms with Gasteiger partial charge in [-0.15, -0.1) is 0 Å². The summed E-state index contributed by atoms with van der Waals surface area (Å²) in [6.07, 6.45) is 0.276. The van der Waals surface area contributed by atoms with Crippen LogP contribution in [0.15, 0.2) is 30.3 Å². The van der Waals surface area contributed by atoms with E-state index in [9.17, 15) is 9.59 Å². The van der Waals surface area contributed by atoms with E-state index in [2.05, 4.69) is 20.5 Å². The number of fused-ring (bicyclic) bond motifs is 1. The minimum Gasteiger partial charge on any atom is -0.450 e. The maximum absolute atomic E-state index is 12.2. The normalized spacial score (nSPS) is 13.7. The smallest absolute Gasteiger partial charge is 0.413 e. The van der Waals surface area contributed by atoms with Gasteiger partial charge in [0.1, 0.15) is 0 Å². The molecule has 0 spiro atoms.